The molecule has 1 aromatic carbocycles. The normalized spacial score (nSPS) is 18.2. The molecule has 2 saturated heterocycles. The molecule has 8 rings (SSSR count). The summed E-state index contributed by atoms with van der Waals surface area (Å²) in [4.78, 5) is 105. The highest BCUT2D eigenvalue weighted by Gasteiger charge is 2.45. The standard InChI is InChI=1S/C54H69N11O7S/c1-32-41-29-56-53(61-49(41)65(38-13-11-12-14-38)51(71)46(32)35(4)66)59-43-22-21-39(28-55-43)62-23-25-63(26-24-62)45(69)16-10-8-9-15-44(68)60-48(54(5,6)7)52(72)64-30-40(67)27-42(64)50(70)58-33(2)36-17-19-37(20-18-36)47-34(3)57-31-73-47/h17-22,28-29,31,33,38,40,42,48,67H,8-16,23-27,30H2,1-7H3,(H,58,70)(H,60,68)(H,55,56,59,61)/t33?,40-,42+,48?/m1/s1. The van der Waals surface area contributed by atoms with Crippen LogP contribution >= 0.6 is 11.3 Å². The zero-order valence-electron chi connectivity index (χ0n) is 43.1. The van der Waals surface area contributed by atoms with E-state index in [2.05, 4.69) is 35.8 Å². The molecule has 388 valence electrons. The lowest BCUT2D eigenvalue weighted by Crippen LogP contribution is -2.57. The molecule has 1 saturated carbocycles. The molecule has 4 atom stereocenters. The van der Waals surface area contributed by atoms with E-state index in [1.54, 1.807) is 35.2 Å². The third kappa shape index (κ3) is 12.1. The number of nitrogens with zero attached hydrogens (tertiary/aromatic N) is 8. The Morgan fingerprint density at radius 1 is 0.877 bits per heavy atom. The van der Waals surface area contributed by atoms with E-state index in [1.165, 1.54) is 11.8 Å². The highest BCUT2D eigenvalue weighted by atomic mass is 32.1. The number of amides is 4. The number of benzene rings is 1. The van der Waals surface area contributed by atoms with Gasteiger partial charge in [-0.15, -0.1) is 11.3 Å². The lowest BCUT2D eigenvalue weighted by Gasteiger charge is -2.36. The van der Waals surface area contributed by atoms with Crippen molar-refractivity contribution in [2.24, 2.45) is 5.41 Å². The molecule has 3 fully saturated rings. The van der Waals surface area contributed by atoms with Gasteiger partial charge in [-0.05, 0) is 87.6 Å². The molecule has 0 radical (unpaired) electrons. The van der Waals surface area contributed by atoms with Gasteiger partial charge >= 0.3 is 0 Å². The van der Waals surface area contributed by atoms with Crippen LogP contribution in [0.25, 0.3) is 21.5 Å². The maximum atomic E-state index is 14.2. The van der Waals surface area contributed by atoms with Crippen LogP contribution < -0.4 is 26.4 Å². The monoisotopic (exact) mass is 1020 g/mol. The van der Waals surface area contributed by atoms with Crippen LogP contribution in [0.1, 0.15) is 138 Å². The Morgan fingerprint density at radius 3 is 2.23 bits per heavy atom. The number of hydrogen-bond donors (Lipinski definition) is 4. The predicted molar refractivity (Wildman–Crippen MR) is 282 cm³/mol. The molecule has 6 heterocycles. The smallest absolute Gasteiger partial charge is 0.263 e. The topological polar surface area (TPSA) is 225 Å². The van der Waals surface area contributed by atoms with Crippen molar-refractivity contribution in [3.8, 4) is 10.4 Å². The lowest BCUT2D eigenvalue weighted by molar-refractivity contribution is -0.144. The number of nitrogens with one attached hydrogen (secondary N) is 3. The molecular formula is C54H69N11O7S. The van der Waals surface area contributed by atoms with Gasteiger partial charge in [-0.1, -0.05) is 64.3 Å². The number of thiazole rings is 1. The molecule has 18 nitrogen and oxygen atoms in total. The summed E-state index contributed by atoms with van der Waals surface area (Å²) in [7, 11) is 0. The van der Waals surface area contributed by atoms with E-state index >= 15 is 0 Å². The third-order valence-electron chi connectivity index (χ3n) is 14.6. The molecule has 4 N–H and O–H groups in total. The Kier molecular flexibility index (Phi) is 16.4. The molecule has 2 aliphatic heterocycles. The van der Waals surface area contributed by atoms with Crippen molar-refractivity contribution in [3.63, 3.8) is 0 Å². The van der Waals surface area contributed by atoms with Gasteiger partial charge in [-0.25, -0.2) is 15.0 Å². The van der Waals surface area contributed by atoms with Gasteiger partial charge in [0.1, 0.15) is 23.5 Å². The van der Waals surface area contributed by atoms with Crippen LogP contribution in [0.2, 0.25) is 0 Å². The van der Waals surface area contributed by atoms with E-state index in [-0.39, 0.29) is 66.1 Å². The first-order valence-corrected chi connectivity index (χ1v) is 26.5. The number of aliphatic hydroxyl groups is 1. The molecule has 0 spiro atoms. The van der Waals surface area contributed by atoms with E-state index < -0.39 is 29.5 Å². The first-order valence-electron chi connectivity index (χ1n) is 25.6. The summed E-state index contributed by atoms with van der Waals surface area (Å²) in [5.41, 5.74) is 5.96. The van der Waals surface area contributed by atoms with E-state index in [0.717, 1.165) is 53.1 Å². The second-order valence-electron chi connectivity index (χ2n) is 20.9. The fraction of sp³-hybridized carbons (Fsp3) is 0.519. The molecule has 4 aromatic heterocycles. The fourth-order valence-electron chi connectivity index (χ4n) is 10.4. The Bertz CT molecular complexity index is 2880. The average molecular weight is 1020 g/mol. The summed E-state index contributed by atoms with van der Waals surface area (Å²) in [6, 6.07) is 9.57. The zero-order valence-corrected chi connectivity index (χ0v) is 43.9. The molecule has 19 heteroatoms. The van der Waals surface area contributed by atoms with E-state index in [4.69, 9.17) is 4.98 Å². The number of Topliss-reactive ketones (excluding diaryl/α,β-unsaturated/α-hetero) is 1. The number of rotatable bonds is 17. The second-order valence-corrected chi connectivity index (χ2v) is 21.8. The van der Waals surface area contributed by atoms with E-state index in [1.807, 2.05) is 81.4 Å². The maximum absolute atomic E-state index is 14.2. The Balaban J connectivity index is 0.767. The minimum atomic E-state index is -0.922. The van der Waals surface area contributed by atoms with Gasteiger partial charge in [0, 0.05) is 69.6 Å². The number of carbonyl (C=O) groups excluding carboxylic acids is 5. The predicted octanol–water partition coefficient (Wildman–Crippen LogP) is 6.96. The minimum absolute atomic E-state index is 0.00867. The molecule has 1 aliphatic carbocycles. The summed E-state index contributed by atoms with van der Waals surface area (Å²) in [6.45, 7) is 15.1. The molecule has 3 aliphatic rings. The van der Waals surface area contributed by atoms with Crippen molar-refractivity contribution in [2.45, 2.75) is 143 Å². The zero-order chi connectivity index (χ0) is 52.1. The Morgan fingerprint density at radius 2 is 1.59 bits per heavy atom. The van der Waals surface area contributed by atoms with Gasteiger partial charge in [0.15, 0.2) is 5.78 Å². The molecule has 5 aromatic rings. The second kappa shape index (κ2) is 22.7. The van der Waals surface area contributed by atoms with Crippen molar-refractivity contribution >= 4 is 69.2 Å². The van der Waals surface area contributed by atoms with Gasteiger partial charge in [-0.2, -0.15) is 4.98 Å². The molecule has 73 heavy (non-hydrogen) atoms. The number of fused-ring (bicyclic) bond motifs is 1. The highest BCUT2D eigenvalue weighted by molar-refractivity contribution is 7.13. The van der Waals surface area contributed by atoms with Gasteiger partial charge in [-0.3, -0.25) is 33.3 Å². The third-order valence-corrected chi connectivity index (χ3v) is 15.6. The van der Waals surface area contributed by atoms with E-state index in [0.29, 0.717) is 80.2 Å². The van der Waals surface area contributed by atoms with Crippen molar-refractivity contribution in [2.75, 3.05) is 42.9 Å². The number of β-amino-alcohol motifs (C(OH)–C–C–N with tert-alkyl or cyclic N) is 1. The van der Waals surface area contributed by atoms with Crippen LogP contribution in [0.5, 0.6) is 0 Å². The largest absolute Gasteiger partial charge is 0.391 e. The number of unbranched alkanes of at least 4 members (excludes halogenated alkanes) is 2. The number of hydrogen-bond acceptors (Lipinski definition) is 14. The number of ketones is 1. The number of aromatic nitrogens is 5. The number of aryl methyl sites for hydroxylation is 2. The first kappa shape index (κ1) is 52.7. The van der Waals surface area contributed by atoms with Crippen molar-refractivity contribution in [1.82, 2.24) is 44.9 Å². The molecular weight excluding hydrogens is 947 g/mol. The first-order chi connectivity index (χ1) is 34.9. The number of carbonyl (C=O) groups is 5. The fourth-order valence-corrected chi connectivity index (χ4v) is 11.2. The lowest BCUT2D eigenvalue weighted by atomic mass is 9.85. The minimum Gasteiger partial charge on any atom is -0.391 e. The number of likely N-dealkylation sites (tertiary alicyclic amines) is 1. The van der Waals surface area contributed by atoms with Crippen molar-refractivity contribution < 1.29 is 29.1 Å². The van der Waals surface area contributed by atoms with Crippen LogP contribution in [0, 0.1) is 19.3 Å². The summed E-state index contributed by atoms with van der Waals surface area (Å²) < 4.78 is 1.69. The van der Waals surface area contributed by atoms with Crippen LogP contribution in [-0.2, 0) is 19.2 Å². The Hall–Kier alpha value is -6.60. The van der Waals surface area contributed by atoms with Crippen molar-refractivity contribution in [3.05, 3.63) is 87.0 Å². The van der Waals surface area contributed by atoms with E-state index in [9.17, 15) is 33.9 Å². The summed E-state index contributed by atoms with van der Waals surface area (Å²) >= 11 is 1.57. The summed E-state index contributed by atoms with van der Waals surface area (Å²) in [5, 5.41) is 20.5. The number of anilines is 3. The number of piperazine rings is 1. The van der Waals surface area contributed by atoms with Gasteiger partial charge < -0.3 is 35.8 Å². The van der Waals surface area contributed by atoms with Crippen LogP contribution in [0.3, 0.4) is 0 Å². The molecule has 4 amide bonds. The Labute approximate surface area is 430 Å². The molecule has 0 bridgehead atoms. The van der Waals surface area contributed by atoms with Crippen LogP contribution in [0.15, 0.2) is 59.1 Å². The highest BCUT2D eigenvalue weighted by Crippen LogP contribution is 2.33. The summed E-state index contributed by atoms with van der Waals surface area (Å²) in [5.74, 6) is -0.412. The SMILES string of the molecule is CC(=O)c1c(C)c2cnc(Nc3ccc(N4CCN(C(=O)CCCCCC(=O)NC(C(=O)N5C[C@H](O)C[C@H]5C(=O)NC(C)c5ccc(-c6scnc6C)cc5)C(C)(C)C)CC4)cn3)nc2n(C2CCCC2)c1=O. The molecule has 2 unspecified atom stereocenters. The van der Waals surface area contributed by atoms with Gasteiger partial charge in [0.05, 0.1) is 45.7 Å². The average Bonchev–Trinajstić information content (AvgIpc) is 4.15. The van der Waals surface area contributed by atoms with Gasteiger partial charge in [0.25, 0.3) is 5.56 Å². The quantitative estimate of drug-likeness (QED) is 0.0547. The maximum Gasteiger partial charge on any atom is 0.263 e. The van der Waals surface area contributed by atoms with Gasteiger partial charge in [0.2, 0.25) is 29.6 Å². The number of pyridine rings is 2. The van der Waals surface area contributed by atoms with Crippen LogP contribution in [0.4, 0.5) is 17.5 Å². The van der Waals surface area contributed by atoms with Crippen molar-refractivity contribution in [1.29, 1.82) is 0 Å². The summed E-state index contributed by atoms with van der Waals surface area (Å²) in [6.07, 6.45) is 8.79. The number of aliphatic hydroxyl groups excluding tert-OH is 1. The van der Waals surface area contributed by atoms with Crippen LogP contribution in [-0.4, -0.2) is 120 Å².